The van der Waals surface area contributed by atoms with Gasteiger partial charge in [0.25, 0.3) is 0 Å². The van der Waals surface area contributed by atoms with E-state index in [2.05, 4.69) is 17.1 Å². The van der Waals surface area contributed by atoms with E-state index in [0.717, 1.165) is 22.4 Å². The second-order valence-electron chi connectivity index (χ2n) is 6.23. The summed E-state index contributed by atoms with van der Waals surface area (Å²) in [4.78, 5) is 18.4. The van der Waals surface area contributed by atoms with Crippen molar-refractivity contribution in [3.05, 3.63) is 77.7 Å². The highest BCUT2D eigenvalue weighted by molar-refractivity contribution is 5.72. The number of nitrogens with zero attached hydrogens (tertiary/aromatic N) is 3. The molecule has 5 heteroatoms. The average molecular weight is 333 g/mol. The number of aromatic nitrogens is 2. The number of fused-ring (bicyclic) bond motifs is 1. The molecular formula is C20H19N3O2. The normalized spacial score (nSPS) is 12.9. The van der Waals surface area contributed by atoms with Gasteiger partial charge in [-0.2, -0.15) is 0 Å². The molecule has 1 aliphatic rings. The zero-order valence-corrected chi connectivity index (χ0v) is 14.1. The molecule has 0 atom stereocenters. The lowest BCUT2D eigenvalue weighted by atomic mass is 10.0. The van der Waals surface area contributed by atoms with Gasteiger partial charge in [-0.15, -0.1) is 0 Å². The molecule has 2 aromatic carbocycles. The van der Waals surface area contributed by atoms with Crippen molar-refractivity contribution in [2.24, 2.45) is 7.05 Å². The molecule has 0 spiro atoms. The van der Waals surface area contributed by atoms with Crippen LogP contribution >= 0.6 is 0 Å². The second-order valence-corrected chi connectivity index (χ2v) is 6.23. The smallest absolute Gasteiger partial charge is 0.410 e. The predicted molar refractivity (Wildman–Crippen MR) is 94.5 cm³/mol. The molecule has 0 N–H and O–H groups in total. The number of rotatable bonds is 3. The zero-order valence-electron chi connectivity index (χ0n) is 14.1. The highest BCUT2D eigenvalue weighted by atomic mass is 16.6. The molecule has 1 aromatic heterocycles. The van der Waals surface area contributed by atoms with E-state index in [9.17, 15) is 4.79 Å². The monoisotopic (exact) mass is 333 g/mol. The van der Waals surface area contributed by atoms with Crippen LogP contribution in [-0.2, 0) is 31.5 Å². The maximum atomic E-state index is 12.4. The van der Waals surface area contributed by atoms with Crippen molar-refractivity contribution in [2.45, 2.75) is 19.7 Å². The molecule has 0 unspecified atom stereocenters. The minimum absolute atomic E-state index is 0.281. The molecule has 4 rings (SSSR count). The van der Waals surface area contributed by atoms with E-state index >= 15 is 0 Å². The van der Waals surface area contributed by atoms with Gasteiger partial charge in [-0.05, 0) is 16.7 Å². The fourth-order valence-corrected chi connectivity index (χ4v) is 3.22. The van der Waals surface area contributed by atoms with Crippen molar-refractivity contribution in [1.82, 2.24) is 14.5 Å². The topological polar surface area (TPSA) is 47.4 Å². The van der Waals surface area contributed by atoms with Crippen LogP contribution < -0.4 is 0 Å². The third-order valence-corrected chi connectivity index (χ3v) is 4.54. The zero-order chi connectivity index (χ0) is 17.2. The van der Waals surface area contributed by atoms with Gasteiger partial charge in [-0.25, -0.2) is 9.78 Å². The quantitative estimate of drug-likeness (QED) is 0.733. The van der Waals surface area contributed by atoms with Crippen LogP contribution in [0, 0.1) is 0 Å². The minimum Gasteiger partial charge on any atom is -0.445 e. The highest BCUT2D eigenvalue weighted by Gasteiger charge is 2.27. The number of carbonyl (C=O) groups is 1. The predicted octanol–water partition coefficient (Wildman–Crippen LogP) is 3.74. The number of imidazole rings is 1. The number of hydrogen-bond acceptors (Lipinski definition) is 3. The summed E-state index contributed by atoms with van der Waals surface area (Å²) in [5, 5.41) is 0. The van der Waals surface area contributed by atoms with Crippen LogP contribution in [0.15, 0.2) is 61.1 Å². The van der Waals surface area contributed by atoms with Gasteiger partial charge in [0.1, 0.15) is 6.61 Å². The minimum atomic E-state index is -0.281. The van der Waals surface area contributed by atoms with Crippen molar-refractivity contribution < 1.29 is 9.53 Å². The maximum absolute atomic E-state index is 12.4. The lowest BCUT2D eigenvalue weighted by Crippen LogP contribution is -2.26. The molecule has 0 bridgehead atoms. The third-order valence-electron chi connectivity index (χ3n) is 4.54. The Kier molecular flexibility index (Phi) is 3.98. The summed E-state index contributed by atoms with van der Waals surface area (Å²) in [7, 11) is 1.97. The van der Waals surface area contributed by atoms with Crippen LogP contribution in [0.4, 0.5) is 4.79 Å². The first kappa shape index (κ1) is 15.4. The number of hydrogen-bond donors (Lipinski definition) is 0. The standard InChI is InChI=1S/C20H19N3O2/c1-22-14-21-10-19(22)17-9-5-8-16-11-23(12-18(16)17)20(24)25-13-15-6-3-2-4-7-15/h2-10,14H,11-13H2,1H3. The van der Waals surface area contributed by atoms with Gasteiger partial charge < -0.3 is 9.30 Å². The molecule has 0 aliphatic carbocycles. The Morgan fingerprint density at radius 1 is 1.12 bits per heavy atom. The van der Waals surface area contributed by atoms with E-state index in [1.807, 2.05) is 54.2 Å². The molecule has 0 saturated heterocycles. The Morgan fingerprint density at radius 3 is 2.72 bits per heavy atom. The Bertz CT molecular complexity index is 902. The highest BCUT2D eigenvalue weighted by Crippen LogP contribution is 2.32. The van der Waals surface area contributed by atoms with Gasteiger partial charge in [0.15, 0.2) is 0 Å². The molecule has 0 radical (unpaired) electrons. The average Bonchev–Trinajstić information content (AvgIpc) is 3.26. The van der Waals surface area contributed by atoms with E-state index in [0.29, 0.717) is 19.7 Å². The summed E-state index contributed by atoms with van der Waals surface area (Å²) >= 11 is 0. The van der Waals surface area contributed by atoms with E-state index < -0.39 is 0 Å². The van der Waals surface area contributed by atoms with Crippen LogP contribution in [0.3, 0.4) is 0 Å². The molecule has 1 aliphatic heterocycles. The van der Waals surface area contributed by atoms with E-state index in [1.165, 1.54) is 5.56 Å². The van der Waals surface area contributed by atoms with Crippen LogP contribution in [0.5, 0.6) is 0 Å². The summed E-state index contributed by atoms with van der Waals surface area (Å²) in [6.07, 6.45) is 3.36. The number of aryl methyl sites for hydroxylation is 1. The van der Waals surface area contributed by atoms with Gasteiger partial charge in [0, 0.05) is 19.2 Å². The van der Waals surface area contributed by atoms with Crippen LogP contribution in [0.1, 0.15) is 16.7 Å². The first-order valence-corrected chi connectivity index (χ1v) is 8.25. The Hall–Kier alpha value is -3.08. The maximum Gasteiger partial charge on any atom is 0.410 e. The number of amides is 1. The number of benzene rings is 2. The molecule has 0 saturated carbocycles. The number of carbonyl (C=O) groups excluding carboxylic acids is 1. The van der Waals surface area contributed by atoms with Gasteiger partial charge in [0.2, 0.25) is 0 Å². The first-order chi connectivity index (χ1) is 12.2. The second kappa shape index (κ2) is 6.43. The fraction of sp³-hybridized carbons (Fsp3) is 0.200. The Labute approximate surface area is 146 Å². The summed E-state index contributed by atoms with van der Waals surface area (Å²) in [5.41, 5.74) is 5.49. The first-order valence-electron chi connectivity index (χ1n) is 8.25. The molecular weight excluding hydrogens is 314 g/mol. The lowest BCUT2D eigenvalue weighted by Gasteiger charge is -2.15. The molecule has 0 fully saturated rings. The van der Waals surface area contributed by atoms with Gasteiger partial charge in [-0.1, -0.05) is 48.5 Å². The van der Waals surface area contributed by atoms with E-state index in [-0.39, 0.29) is 6.09 Å². The van der Waals surface area contributed by atoms with Crippen LogP contribution in [0.25, 0.3) is 11.3 Å². The fourth-order valence-electron chi connectivity index (χ4n) is 3.22. The van der Waals surface area contributed by atoms with Crippen molar-refractivity contribution in [3.8, 4) is 11.3 Å². The van der Waals surface area contributed by atoms with Crippen molar-refractivity contribution >= 4 is 6.09 Å². The molecule has 25 heavy (non-hydrogen) atoms. The molecule has 1 amide bonds. The number of ether oxygens (including phenoxy) is 1. The molecule has 2 heterocycles. The van der Waals surface area contributed by atoms with E-state index in [1.54, 1.807) is 11.2 Å². The SMILES string of the molecule is Cn1cncc1-c1cccc2c1CN(C(=O)OCc1ccccc1)C2. The largest absolute Gasteiger partial charge is 0.445 e. The molecule has 126 valence electrons. The lowest BCUT2D eigenvalue weighted by molar-refractivity contribution is 0.0955. The van der Waals surface area contributed by atoms with Crippen molar-refractivity contribution in [3.63, 3.8) is 0 Å². The molecule has 5 nitrogen and oxygen atoms in total. The van der Waals surface area contributed by atoms with Crippen LogP contribution in [0.2, 0.25) is 0 Å². The van der Waals surface area contributed by atoms with Gasteiger partial charge in [-0.3, -0.25) is 4.90 Å². The van der Waals surface area contributed by atoms with E-state index in [4.69, 9.17) is 4.74 Å². The summed E-state index contributed by atoms with van der Waals surface area (Å²) in [6.45, 7) is 1.43. The van der Waals surface area contributed by atoms with Gasteiger partial charge in [0.05, 0.1) is 24.8 Å². The Balaban J connectivity index is 1.50. The van der Waals surface area contributed by atoms with Crippen molar-refractivity contribution in [2.75, 3.05) is 0 Å². The summed E-state index contributed by atoms with van der Waals surface area (Å²) in [5.74, 6) is 0. The van der Waals surface area contributed by atoms with Crippen molar-refractivity contribution in [1.29, 1.82) is 0 Å². The summed E-state index contributed by atoms with van der Waals surface area (Å²) < 4.78 is 7.46. The molecule has 3 aromatic rings. The third kappa shape index (κ3) is 3.01. The van der Waals surface area contributed by atoms with Crippen LogP contribution in [-0.4, -0.2) is 20.5 Å². The summed E-state index contributed by atoms with van der Waals surface area (Å²) in [6, 6.07) is 15.9. The van der Waals surface area contributed by atoms with Gasteiger partial charge >= 0.3 is 6.09 Å². The Morgan fingerprint density at radius 2 is 1.96 bits per heavy atom.